The first-order valence-electron chi connectivity index (χ1n) is 8.35. The number of hydrogen-bond acceptors (Lipinski definition) is 6. The SMILES string of the molecule is COc1cc(NCC2OCCO2)ccc1OCCN1CCCC1. The minimum atomic E-state index is -0.169. The zero-order valence-electron chi connectivity index (χ0n) is 13.8. The maximum absolute atomic E-state index is 5.88. The third-order valence-electron chi connectivity index (χ3n) is 4.19. The van der Waals surface area contributed by atoms with Gasteiger partial charge in [-0.2, -0.15) is 0 Å². The van der Waals surface area contributed by atoms with Gasteiger partial charge < -0.3 is 24.3 Å². The molecule has 23 heavy (non-hydrogen) atoms. The Morgan fingerprint density at radius 3 is 2.70 bits per heavy atom. The second-order valence-corrected chi connectivity index (χ2v) is 5.81. The molecule has 2 aliphatic heterocycles. The molecule has 0 bridgehead atoms. The fourth-order valence-electron chi connectivity index (χ4n) is 2.91. The molecule has 1 aromatic carbocycles. The van der Waals surface area contributed by atoms with E-state index in [1.54, 1.807) is 7.11 Å². The van der Waals surface area contributed by atoms with Gasteiger partial charge in [0.25, 0.3) is 0 Å². The number of nitrogens with zero attached hydrogens (tertiary/aromatic N) is 1. The number of likely N-dealkylation sites (tertiary alicyclic amines) is 1. The van der Waals surface area contributed by atoms with E-state index in [1.807, 2.05) is 18.2 Å². The molecule has 6 nitrogen and oxygen atoms in total. The molecular formula is C17H26N2O4. The zero-order valence-corrected chi connectivity index (χ0v) is 13.8. The third kappa shape index (κ3) is 4.73. The molecule has 1 N–H and O–H groups in total. The summed E-state index contributed by atoms with van der Waals surface area (Å²) in [6.07, 6.45) is 2.44. The lowest BCUT2D eigenvalue weighted by molar-refractivity contribution is -0.0299. The summed E-state index contributed by atoms with van der Waals surface area (Å²) in [7, 11) is 1.66. The highest BCUT2D eigenvalue weighted by atomic mass is 16.7. The van der Waals surface area contributed by atoms with Crippen LogP contribution in [-0.2, 0) is 9.47 Å². The first kappa shape index (κ1) is 16.4. The molecule has 0 aliphatic carbocycles. The highest BCUT2D eigenvalue weighted by Gasteiger charge is 2.16. The summed E-state index contributed by atoms with van der Waals surface area (Å²) >= 11 is 0. The van der Waals surface area contributed by atoms with Crippen molar-refractivity contribution in [2.75, 3.05) is 58.4 Å². The predicted octanol–water partition coefficient (Wildman–Crippen LogP) is 1.95. The van der Waals surface area contributed by atoms with E-state index in [9.17, 15) is 0 Å². The van der Waals surface area contributed by atoms with Crippen LogP contribution < -0.4 is 14.8 Å². The van der Waals surface area contributed by atoms with Crippen LogP contribution in [0, 0.1) is 0 Å². The molecule has 0 atom stereocenters. The van der Waals surface area contributed by atoms with Gasteiger partial charge in [-0.1, -0.05) is 0 Å². The van der Waals surface area contributed by atoms with Gasteiger partial charge in [-0.25, -0.2) is 0 Å². The van der Waals surface area contributed by atoms with Crippen molar-refractivity contribution in [3.8, 4) is 11.5 Å². The van der Waals surface area contributed by atoms with E-state index >= 15 is 0 Å². The highest BCUT2D eigenvalue weighted by Crippen LogP contribution is 2.30. The van der Waals surface area contributed by atoms with Crippen LogP contribution in [0.5, 0.6) is 11.5 Å². The Hall–Kier alpha value is -1.50. The maximum atomic E-state index is 5.88. The summed E-state index contributed by atoms with van der Waals surface area (Å²) in [5.74, 6) is 1.52. The van der Waals surface area contributed by atoms with Gasteiger partial charge in [-0.3, -0.25) is 4.90 Å². The quantitative estimate of drug-likeness (QED) is 0.789. The van der Waals surface area contributed by atoms with E-state index in [4.69, 9.17) is 18.9 Å². The van der Waals surface area contributed by atoms with Crippen molar-refractivity contribution in [1.82, 2.24) is 4.90 Å². The fraction of sp³-hybridized carbons (Fsp3) is 0.647. The van der Waals surface area contributed by atoms with Crippen LogP contribution in [-0.4, -0.2) is 64.3 Å². The van der Waals surface area contributed by atoms with E-state index in [0.29, 0.717) is 26.4 Å². The van der Waals surface area contributed by atoms with Crippen molar-refractivity contribution in [1.29, 1.82) is 0 Å². The van der Waals surface area contributed by atoms with Crippen molar-refractivity contribution in [2.45, 2.75) is 19.1 Å². The minimum absolute atomic E-state index is 0.169. The van der Waals surface area contributed by atoms with Gasteiger partial charge >= 0.3 is 0 Å². The first-order chi connectivity index (χ1) is 11.3. The monoisotopic (exact) mass is 322 g/mol. The van der Waals surface area contributed by atoms with Gasteiger partial charge in [0, 0.05) is 18.3 Å². The fourth-order valence-corrected chi connectivity index (χ4v) is 2.91. The third-order valence-corrected chi connectivity index (χ3v) is 4.19. The first-order valence-corrected chi connectivity index (χ1v) is 8.35. The van der Waals surface area contributed by atoms with Crippen LogP contribution in [0.2, 0.25) is 0 Å². The van der Waals surface area contributed by atoms with Crippen molar-refractivity contribution in [3.05, 3.63) is 18.2 Å². The molecule has 0 spiro atoms. The number of rotatable bonds is 8. The number of hydrogen-bond donors (Lipinski definition) is 1. The van der Waals surface area contributed by atoms with Crippen LogP contribution in [0.1, 0.15) is 12.8 Å². The van der Waals surface area contributed by atoms with Crippen molar-refractivity contribution >= 4 is 5.69 Å². The Morgan fingerprint density at radius 2 is 1.96 bits per heavy atom. The topological polar surface area (TPSA) is 52.2 Å². The number of ether oxygens (including phenoxy) is 4. The molecule has 2 heterocycles. The Morgan fingerprint density at radius 1 is 1.17 bits per heavy atom. The largest absolute Gasteiger partial charge is 0.493 e. The van der Waals surface area contributed by atoms with Gasteiger partial charge in [0.15, 0.2) is 17.8 Å². The predicted molar refractivity (Wildman–Crippen MR) is 88.3 cm³/mol. The molecule has 0 unspecified atom stereocenters. The molecule has 0 amide bonds. The molecule has 128 valence electrons. The van der Waals surface area contributed by atoms with Gasteiger partial charge in [-0.05, 0) is 38.1 Å². The summed E-state index contributed by atoms with van der Waals surface area (Å²) in [6.45, 7) is 5.99. The van der Waals surface area contributed by atoms with Crippen LogP contribution in [0.15, 0.2) is 18.2 Å². The Kier molecular flexibility index (Phi) is 5.96. The zero-order chi connectivity index (χ0) is 15.9. The highest BCUT2D eigenvalue weighted by molar-refractivity contribution is 5.54. The van der Waals surface area contributed by atoms with Crippen LogP contribution in [0.25, 0.3) is 0 Å². The lowest BCUT2D eigenvalue weighted by atomic mass is 10.2. The molecule has 6 heteroatoms. The minimum Gasteiger partial charge on any atom is -0.493 e. The van der Waals surface area contributed by atoms with Crippen molar-refractivity contribution in [2.24, 2.45) is 0 Å². The molecule has 2 saturated heterocycles. The molecular weight excluding hydrogens is 296 g/mol. The van der Waals surface area contributed by atoms with E-state index in [0.717, 1.165) is 23.7 Å². The Bertz CT molecular complexity index is 485. The molecule has 0 aromatic heterocycles. The molecule has 2 aliphatic rings. The number of nitrogens with one attached hydrogen (secondary N) is 1. The molecule has 3 rings (SSSR count). The number of benzene rings is 1. The molecule has 1 aromatic rings. The van der Waals surface area contributed by atoms with Gasteiger partial charge in [0.05, 0.1) is 26.9 Å². The summed E-state index contributed by atoms with van der Waals surface area (Å²) in [5, 5.41) is 3.30. The lowest BCUT2D eigenvalue weighted by Crippen LogP contribution is -2.25. The summed E-state index contributed by atoms with van der Waals surface area (Å²) in [4.78, 5) is 2.43. The van der Waals surface area contributed by atoms with E-state index in [2.05, 4.69) is 10.2 Å². The standard InChI is InChI=1S/C17H26N2O4/c1-20-16-12-14(18-13-17-22-10-11-23-17)4-5-15(16)21-9-8-19-6-2-3-7-19/h4-5,12,17-18H,2-3,6-11,13H2,1H3. The summed E-state index contributed by atoms with van der Waals surface area (Å²) in [5.41, 5.74) is 0.966. The van der Waals surface area contributed by atoms with Crippen molar-refractivity contribution < 1.29 is 18.9 Å². The average molecular weight is 322 g/mol. The van der Waals surface area contributed by atoms with Gasteiger partial charge in [0.2, 0.25) is 0 Å². The molecule has 0 radical (unpaired) electrons. The second-order valence-electron chi connectivity index (χ2n) is 5.81. The number of anilines is 1. The Labute approximate surface area is 137 Å². The van der Waals surface area contributed by atoms with Crippen LogP contribution >= 0.6 is 0 Å². The summed E-state index contributed by atoms with van der Waals surface area (Å²) < 4.78 is 22.1. The average Bonchev–Trinajstić information content (AvgIpc) is 3.27. The van der Waals surface area contributed by atoms with E-state index in [-0.39, 0.29) is 6.29 Å². The van der Waals surface area contributed by atoms with E-state index in [1.165, 1.54) is 25.9 Å². The molecule has 0 saturated carbocycles. The molecule has 2 fully saturated rings. The Balaban J connectivity index is 1.49. The van der Waals surface area contributed by atoms with Gasteiger partial charge in [0.1, 0.15) is 6.61 Å². The smallest absolute Gasteiger partial charge is 0.174 e. The number of methoxy groups -OCH3 is 1. The van der Waals surface area contributed by atoms with Gasteiger partial charge in [-0.15, -0.1) is 0 Å². The second kappa shape index (κ2) is 8.38. The van der Waals surface area contributed by atoms with Crippen LogP contribution in [0.4, 0.5) is 5.69 Å². The lowest BCUT2D eigenvalue weighted by Gasteiger charge is -2.17. The van der Waals surface area contributed by atoms with Crippen LogP contribution in [0.3, 0.4) is 0 Å². The van der Waals surface area contributed by atoms with E-state index < -0.39 is 0 Å². The summed E-state index contributed by atoms with van der Waals surface area (Å²) in [6, 6.07) is 5.88. The maximum Gasteiger partial charge on any atom is 0.174 e. The van der Waals surface area contributed by atoms with Crippen molar-refractivity contribution in [3.63, 3.8) is 0 Å². The normalized spacial score (nSPS) is 19.2.